The van der Waals surface area contributed by atoms with Crippen molar-refractivity contribution in [3.63, 3.8) is 0 Å². The van der Waals surface area contributed by atoms with Gasteiger partial charge >= 0.3 is 0 Å². The molecule has 0 aromatic rings. The molecule has 1 saturated carbocycles. The molecule has 1 fully saturated rings. The molecule has 0 unspecified atom stereocenters. The fraction of sp³-hybridized carbons (Fsp3) is 1.00. The topological polar surface area (TPSA) is 21.3 Å². The van der Waals surface area contributed by atoms with Crippen LogP contribution >= 0.6 is 0 Å². The maximum atomic E-state index is 5.43. The van der Waals surface area contributed by atoms with Gasteiger partial charge in [-0.1, -0.05) is 34.6 Å². The summed E-state index contributed by atoms with van der Waals surface area (Å²) >= 11 is 0. The molecular formula is C13H27NO. The highest BCUT2D eigenvalue weighted by atomic mass is 16.5. The second-order valence-corrected chi connectivity index (χ2v) is 5.81. The number of hydrogen-bond acceptors (Lipinski definition) is 2. The lowest BCUT2D eigenvalue weighted by atomic mass is 10.0. The average Bonchev–Trinajstić information content (AvgIpc) is 2.52. The Balaban J connectivity index is 2.03. The molecule has 0 aromatic heterocycles. The second-order valence-electron chi connectivity index (χ2n) is 5.81. The van der Waals surface area contributed by atoms with Crippen LogP contribution in [0.1, 0.15) is 41.0 Å². The van der Waals surface area contributed by atoms with Crippen LogP contribution in [0.5, 0.6) is 0 Å². The molecule has 1 aliphatic carbocycles. The minimum absolute atomic E-state index is 0.504. The maximum Gasteiger partial charge on any atom is 0.0590 e. The molecule has 1 rings (SSSR count). The highest BCUT2D eigenvalue weighted by Crippen LogP contribution is 2.67. The number of hydrogen-bond donors (Lipinski definition) is 1. The molecule has 2 heteroatoms. The molecule has 0 aliphatic heterocycles. The average molecular weight is 213 g/mol. The van der Waals surface area contributed by atoms with E-state index in [-0.39, 0.29) is 0 Å². The highest BCUT2D eigenvalue weighted by molar-refractivity contribution is 5.12. The molecule has 1 aliphatic rings. The molecule has 0 aromatic carbocycles. The lowest BCUT2D eigenvalue weighted by Gasteiger charge is -2.06. The molecule has 0 radical (unpaired) electrons. The summed E-state index contributed by atoms with van der Waals surface area (Å²) in [5.74, 6) is 0.816. The van der Waals surface area contributed by atoms with Crippen molar-refractivity contribution in [3.8, 4) is 0 Å². The largest absolute Gasteiger partial charge is 0.380 e. The molecule has 0 saturated heterocycles. The summed E-state index contributed by atoms with van der Waals surface area (Å²) in [6, 6.07) is 0. The van der Waals surface area contributed by atoms with Crippen LogP contribution in [0.15, 0.2) is 0 Å². The zero-order valence-electron chi connectivity index (χ0n) is 11.0. The molecule has 0 bridgehead atoms. The first-order chi connectivity index (χ1) is 6.94. The van der Waals surface area contributed by atoms with Crippen molar-refractivity contribution >= 4 is 0 Å². The van der Waals surface area contributed by atoms with Crippen molar-refractivity contribution < 1.29 is 4.74 Å². The van der Waals surface area contributed by atoms with Crippen LogP contribution in [-0.2, 0) is 4.74 Å². The third-order valence-corrected chi connectivity index (χ3v) is 4.44. The monoisotopic (exact) mass is 213 g/mol. The third-order valence-electron chi connectivity index (χ3n) is 4.44. The van der Waals surface area contributed by atoms with Gasteiger partial charge in [-0.05, 0) is 29.7 Å². The fourth-order valence-electron chi connectivity index (χ4n) is 2.48. The van der Waals surface area contributed by atoms with Crippen LogP contribution in [0.3, 0.4) is 0 Å². The molecule has 2 nitrogen and oxygen atoms in total. The normalized spacial score (nSPS) is 23.0. The first-order valence-electron chi connectivity index (χ1n) is 6.23. The Bertz CT molecular complexity index is 185. The maximum absolute atomic E-state index is 5.43. The van der Waals surface area contributed by atoms with Crippen LogP contribution in [0, 0.1) is 16.7 Å². The van der Waals surface area contributed by atoms with Gasteiger partial charge in [0.15, 0.2) is 0 Å². The van der Waals surface area contributed by atoms with Gasteiger partial charge < -0.3 is 10.1 Å². The van der Waals surface area contributed by atoms with Crippen LogP contribution in [0.4, 0.5) is 0 Å². The predicted molar refractivity (Wildman–Crippen MR) is 65.0 cm³/mol. The Kier molecular flexibility index (Phi) is 4.19. The Morgan fingerprint density at radius 1 is 1.07 bits per heavy atom. The highest BCUT2D eigenvalue weighted by Gasteiger charge is 2.63. The molecule has 15 heavy (non-hydrogen) atoms. The van der Waals surface area contributed by atoms with Crippen molar-refractivity contribution in [2.45, 2.75) is 41.0 Å². The molecule has 90 valence electrons. The van der Waals surface area contributed by atoms with E-state index in [0.29, 0.717) is 10.8 Å². The van der Waals surface area contributed by atoms with Gasteiger partial charge in [0.2, 0.25) is 0 Å². The Morgan fingerprint density at radius 3 is 2.13 bits per heavy atom. The number of ether oxygens (including phenoxy) is 1. The summed E-state index contributed by atoms with van der Waals surface area (Å²) in [5.41, 5.74) is 1.01. The van der Waals surface area contributed by atoms with Gasteiger partial charge in [0.25, 0.3) is 0 Å². The van der Waals surface area contributed by atoms with Crippen molar-refractivity contribution in [2.75, 3.05) is 26.3 Å². The third kappa shape index (κ3) is 2.73. The minimum atomic E-state index is 0.504. The second kappa shape index (κ2) is 4.84. The van der Waals surface area contributed by atoms with Gasteiger partial charge in [0.05, 0.1) is 6.61 Å². The summed E-state index contributed by atoms with van der Waals surface area (Å²) in [6.45, 7) is 15.5. The zero-order chi connectivity index (χ0) is 11.5. The van der Waals surface area contributed by atoms with E-state index in [0.717, 1.165) is 38.6 Å². The van der Waals surface area contributed by atoms with Crippen molar-refractivity contribution in [1.82, 2.24) is 5.32 Å². The summed E-state index contributed by atoms with van der Waals surface area (Å²) < 4.78 is 5.43. The van der Waals surface area contributed by atoms with Crippen LogP contribution < -0.4 is 5.32 Å². The molecule has 1 N–H and O–H groups in total. The summed E-state index contributed by atoms with van der Waals surface area (Å²) in [7, 11) is 0. The van der Waals surface area contributed by atoms with E-state index in [1.165, 1.54) is 0 Å². The van der Waals surface area contributed by atoms with Gasteiger partial charge in [-0.2, -0.15) is 0 Å². The van der Waals surface area contributed by atoms with E-state index >= 15 is 0 Å². The van der Waals surface area contributed by atoms with E-state index in [9.17, 15) is 0 Å². The summed E-state index contributed by atoms with van der Waals surface area (Å²) in [6.07, 6.45) is 1.11. The smallest absolute Gasteiger partial charge is 0.0590 e. The minimum Gasteiger partial charge on any atom is -0.380 e. The van der Waals surface area contributed by atoms with Crippen molar-refractivity contribution in [3.05, 3.63) is 0 Å². The van der Waals surface area contributed by atoms with Crippen LogP contribution in [-0.4, -0.2) is 26.3 Å². The number of nitrogens with one attached hydrogen (secondary N) is 1. The SMILES string of the molecule is CCCOCCNCC1C(C)(C)C1(C)C. The molecule has 0 heterocycles. The molecule has 0 spiro atoms. The van der Waals surface area contributed by atoms with Gasteiger partial charge in [0.1, 0.15) is 0 Å². The van der Waals surface area contributed by atoms with Crippen LogP contribution in [0.25, 0.3) is 0 Å². The van der Waals surface area contributed by atoms with E-state index in [2.05, 4.69) is 39.9 Å². The first-order valence-corrected chi connectivity index (χ1v) is 6.23. The number of rotatable bonds is 7. The van der Waals surface area contributed by atoms with E-state index in [1.807, 2.05) is 0 Å². The first kappa shape index (κ1) is 13.0. The Morgan fingerprint density at radius 2 is 1.67 bits per heavy atom. The molecule has 0 atom stereocenters. The van der Waals surface area contributed by atoms with Crippen LogP contribution in [0.2, 0.25) is 0 Å². The van der Waals surface area contributed by atoms with Crippen molar-refractivity contribution in [2.24, 2.45) is 16.7 Å². The summed E-state index contributed by atoms with van der Waals surface area (Å²) in [5, 5.41) is 3.49. The van der Waals surface area contributed by atoms with E-state index < -0.39 is 0 Å². The van der Waals surface area contributed by atoms with Gasteiger partial charge in [-0.25, -0.2) is 0 Å². The summed E-state index contributed by atoms with van der Waals surface area (Å²) in [4.78, 5) is 0. The quantitative estimate of drug-likeness (QED) is 0.657. The zero-order valence-corrected chi connectivity index (χ0v) is 11.0. The predicted octanol–water partition coefficient (Wildman–Crippen LogP) is 2.68. The standard InChI is InChI=1S/C13H27NO/c1-6-8-15-9-7-14-10-11-12(2,3)13(11,4)5/h11,14H,6-10H2,1-5H3. The lowest BCUT2D eigenvalue weighted by molar-refractivity contribution is 0.136. The Labute approximate surface area is 94.8 Å². The van der Waals surface area contributed by atoms with Gasteiger partial charge in [-0.15, -0.1) is 0 Å². The Hall–Kier alpha value is -0.0800. The van der Waals surface area contributed by atoms with E-state index in [1.54, 1.807) is 0 Å². The van der Waals surface area contributed by atoms with Gasteiger partial charge in [-0.3, -0.25) is 0 Å². The molecular weight excluding hydrogens is 186 g/mol. The fourth-order valence-corrected chi connectivity index (χ4v) is 2.48. The van der Waals surface area contributed by atoms with Gasteiger partial charge in [0, 0.05) is 13.2 Å². The van der Waals surface area contributed by atoms with E-state index in [4.69, 9.17) is 4.74 Å². The lowest BCUT2D eigenvalue weighted by Crippen LogP contribution is -2.23. The molecule has 0 amide bonds. The van der Waals surface area contributed by atoms with Crippen molar-refractivity contribution in [1.29, 1.82) is 0 Å².